The normalized spacial score (nSPS) is 21.4. The Morgan fingerprint density at radius 3 is 2.81 bits per heavy atom. The van der Waals surface area contributed by atoms with Crippen LogP contribution < -0.4 is 0 Å². The Labute approximate surface area is 96.3 Å². The van der Waals surface area contributed by atoms with E-state index in [0.717, 1.165) is 12.8 Å². The van der Waals surface area contributed by atoms with Gasteiger partial charge in [-0.2, -0.15) is 0 Å². The van der Waals surface area contributed by atoms with Gasteiger partial charge >= 0.3 is 5.97 Å². The average Bonchev–Trinajstić information content (AvgIpc) is 2.61. The van der Waals surface area contributed by atoms with E-state index in [2.05, 4.69) is 11.7 Å². The molecule has 4 nitrogen and oxygen atoms in total. The summed E-state index contributed by atoms with van der Waals surface area (Å²) in [7, 11) is 1.33. The van der Waals surface area contributed by atoms with E-state index in [1.807, 2.05) is 0 Å². The van der Waals surface area contributed by atoms with E-state index in [1.54, 1.807) is 17.9 Å². The van der Waals surface area contributed by atoms with Gasteiger partial charge in [-0.1, -0.05) is 19.4 Å². The van der Waals surface area contributed by atoms with Crippen LogP contribution in [0.1, 0.15) is 33.1 Å². The number of methoxy groups -OCH3 is 1. The minimum atomic E-state index is -0.437. The second kappa shape index (κ2) is 5.68. The summed E-state index contributed by atoms with van der Waals surface area (Å²) >= 11 is 0. The van der Waals surface area contributed by atoms with Crippen LogP contribution in [0, 0.1) is 5.92 Å². The van der Waals surface area contributed by atoms with E-state index >= 15 is 0 Å². The lowest BCUT2D eigenvalue weighted by atomic mass is 10.0. The van der Waals surface area contributed by atoms with Crippen molar-refractivity contribution in [1.29, 1.82) is 0 Å². The Morgan fingerprint density at radius 1 is 1.62 bits per heavy atom. The van der Waals surface area contributed by atoms with Crippen molar-refractivity contribution in [3.63, 3.8) is 0 Å². The van der Waals surface area contributed by atoms with Gasteiger partial charge in [0.2, 0.25) is 5.91 Å². The quantitative estimate of drug-likeness (QED) is 0.540. The third kappa shape index (κ3) is 2.62. The third-order valence-corrected chi connectivity index (χ3v) is 2.86. The Bertz CT molecular complexity index is 309. The monoisotopic (exact) mass is 225 g/mol. The van der Waals surface area contributed by atoms with Crippen LogP contribution in [0.15, 0.2) is 11.8 Å². The first-order chi connectivity index (χ1) is 7.63. The van der Waals surface area contributed by atoms with Crippen molar-refractivity contribution in [1.82, 2.24) is 4.90 Å². The summed E-state index contributed by atoms with van der Waals surface area (Å²) in [4.78, 5) is 24.8. The van der Waals surface area contributed by atoms with Crippen LogP contribution >= 0.6 is 0 Å². The fourth-order valence-corrected chi connectivity index (χ4v) is 2.10. The van der Waals surface area contributed by atoms with Crippen LogP contribution in [0.5, 0.6) is 0 Å². The highest BCUT2D eigenvalue weighted by Gasteiger charge is 2.33. The molecule has 0 aromatic carbocycles. The van der Waals surface area contributed by atoms with Crippen LogP contribution in [-0.2, 0) is 14.3 Å². The predicted molar refractivity (Wildman–Crippen MR) is 60.5 cm³/mol. The minimum Gasteiger partial charge on any atom is -0.464 e. The first-order valence-electron chi connectivity index (χ1n) is 5.69. The van der Waals surface area contributed by atoms with Gasteiger partial charge in [0, 0.05) is 13.0 Å². The first-order valence-corrected chi connectivity index (χ1v) is 5.69. The molecule has 1 heterocycles. The molecule has 1 fully saturated rings. The molecule has 0 aliphatic carbocycles. The lowest BCUT2D eigenvalue weighted by Gasteiger charge is -2.18. The highest BCUT2D eigenvalue weighted by atomic mass is 16.5. The zero-order chi connectivity index (χ0) is 12.1. The lowest BCUT2D eigenvalue weighted by Crippen LogP contribution is -2.29. The van der Waals surface area contributed by atoms with Crippen LogP contribution in [0.25, 0.3) is 0 Å². The predicted octanol–water partition coefficient (Wildman–Crippen LogP) is 1.71. The van der Waals surface area contributed by atoms with Crippen molar-refractivity contribution in [2.75, 3.05) is 13.7 Å². The summed E-state index contributed by atoms with van der Waals surface area (Å²) in [5.74, 6) is -0.0398. The minimum absolute atomic E-state index is 0.0250. The van der Waals surface area contributed by atoms with Crippen molar-refractivity contribution >= 4 is 11.9 Å². The molecule has 1 atom stereocenters. The number of rotatable bonds is 4. The van der Waals surface area contributed by atoms with Crippen molar-refractivity contribution in [3.8, 4) is 0 Å². The molecular weight excluding hydrogens is 206 g/mol. The standard InChI is InChI=1S/C12H19NO3/c1-4-6-9-7-11(14)13(8-9)10(5-2)12(15)16-3/h5,9H,4,6-8H2,1-3H3/t9-/m0/s1. The first kappa shape index (κ1) is 12.7. The van der Waals surface area contributed by atoms with Gasteiger partial charge in [-0.05, 0) is 19.3 Å². The maximum atomic E-state index is 11.8. The van der Waals surface area contributed by atoms with Gasteiger partial charge in [-0.3, -0.25) is 4.79 Å². The molecule has 4 heteroatoms. The molecule has 1 saturated heterocycles. The number of esters is 1. The summed E-state index contributed by atoms with van der Waals surface area (Å²) in [6.45, 7) is 4.48. The zero-order valence-corrected chi connectivity index (χ0v) is 10.2. The van der Waals surface area contributed by atoms with Gasteiger partial charge in [0.25, 0.3) is 0 Å². The van der Waals surface area contributed by atoms with E-state index in [-0.39, 0.29) is 5.91 Å². The van der Waals surface area contributed by atoms with Crippen LogP contribution in [0.4, 0.5) is 0 Å². The maximum Gasteiger partial charge on any atom is 0.354 e. The maximum absolute atomic E-state index is 11.8. The fraction of sp³-hybridized carbons (Fsp3) is 0.667. The molecule has 1 rings (SSSR count). The topological polar surface area (TPSA) is 46.6 Å². The molecule has 0 aromatic rings. The molecule has 0 saturated carbocycles. The smallest absolute Gasteiger partial charge is 0.354 e. The van der Waals surface area contributed by atoms with Gasteiger partial charge in [0.1, 0.15) is 5.70 Å². The molecule has 0 unspecified atom stereocenters. The van der Waals surface area contributed by atoms with Gasteiger partial charge in [-0.25, -0.2) is 4.79 Å². The number of hydrogen-bond acceptors (Lipinski definition) is 3. The summed E-state index contributed by atoms with van der Waals surface area (Å²) in [5, 5.41) is 0. The lowest BCUT2D eigenvalue weighted by molar-refractivity contribution is -0.140. The number of carbonyl (C=O) groups excluding carboxylic acids is 2. The van der Waals surface area contributed by atoms with Crippen molar-refractivity contribution < 1.29 is 14.3 Å². The molecule has 16 heavy (non-hydrogen) atoms. The van der Waals surface area contributed by atoms with Gasteiger partial charge < -0.3 is 9.64 Å². The number of amides is 1. The summed E-state index contributed by atoms with van der Waals surface area (Å²) in [6, 6.07) is 0. The van der Waals surface area contributed by atoms with E-state index in [0.29, 0.717) is 24.6 Å². The van der Waals surface area contributed by atoms with Gasteiger partial charge in [0.05, 0.1) is 7.11 Å². The third-order valence-electron chi connectivity index (χ3n) is 2.86. The highest BCUT2D eigenvalue weighted by molar-refractivity contribution is 5.94. The summed E-state index contributed by atoms with van der Waals surface area (Å²) in [5.41, 5.74) is 0.367. The second-order valence-electron chi connectivity index (χ2n) is 4.03. The Morgan fingerprint density at radius 2 is 2.31 bits per heavy atom. The molecule has 0 radical (unpaired) electrons. The Kier molecular flexibility index (Phi) is 4.52. The molecule has 0 bridgehead atoms. The highest BCUT2D eigenvalue weighted by Crippen LogP contribution is 2.25. The van der Waals surface area contributed by atoms with Crippen molar-refractivity contribution in [3.05, 3.63) is 11.8 Å². The van der Waals surface area contributed by atoms with E-state index in [4.69, 9.17) is 0 Å². The number of allylic oxidation sites excluding steroid dienone is 1. The molecule has 1 aliphatic heterocycles. The van der Waals surface area contributed by atoms with E-state index < -0.39 is 5.97 Å². The van der Waals surface area contributed by atoms with Crippen molar-refractivity contribution in [2.24, 2.45) is 5.92 Å². The van der Waals surface area contributed by atoms with Crippen LogP contribution in [-0.4, -0.2) is 30.4 Å². The fourth-order valence-electron chi connectivity index (χ4n) is 2.10. The Hall–Kier alpha value is -1.32. The molecule has 1 amide bonds. The van der Waals surface area contributed by atoms with E-state index in [1.165, 1.54) is 7.11 Å². The summed E-state index contributed by atoms with van der Waals surface area (Å²) in [6.07, 6.45) is 4.27. The molecular formula is C12H19NO3. The number of carbonyl (C=O) groups is 2. The SMILES string of the molecule is CC=C(C(=O)OC)N1C[C@@H](CCC)CC1=O. The van der Waals surface area contributed by atoms with Gasteiger partial charge in [-0.15, -0.1) is 0 Å². The number of likely N-dealkylation sites (tertiary alicyclic amines) is 1. The average molecular weight is 225 g/mol. The second-order valence-corrected chi connectivity index (χ2v) is 4.03. The molecule has 90 valence electrons. The number of ether oxygens (including phenoxy) is 1. The molecule has 0 spiro atoms. The summed E-state index contributed by atoms with van der Waals surface area (Å²) < 4.78 is 4.66. The molecule has 0 N–H and O–H groups in total. The zero-order valence-electron chi connectivity index (χ0n) is 10.2. The largest absolute Gasteiger partial charge is 0.464 e. The van der Waals surface area contributed by atoms with Gasteiger partial charge in [0.15, 0.2) is 0 Å². The number of nitrogens with zero attached hydrogens (tertiary/aromatic N) is 1. The molecule has 0 aromatic heterocycles. The molecule has 1 aliphatic rings. The van der Waals surface area contributed by atoms with Crippen LogP contribution in [0.2, 0.25) is 0 Å². The van der Waals surface area contributed by atoms with Crippen molar-refractivity contribution in [2.45, 2.75) is 33.1 Å². The Balaban J connectivity index is 2.73. The number of hydrogen-bond donors (Lipinski definition) is 0. The van der Waals surface area contributed by atoms with Crippen LogP contribution in [0.3, 0.4) is 0 Å². The van der Waals surface area contributed by atoms with E-state index in [9.17, 15) is 9.59 Å².